The van der Waals surface area contributed by atoms with E-state index in [9.17, 15) is 9.90 Å². The smallest absolute Gasteiger partial charge is 0.344 e. The van der Waals surface area contributed by atoms with Crippen LogP contribution in [-0.2, 0) is 12.8 Å². The molecular weight excluding hydrogens is 324 g/mol. The topological polar surface area (TPSA) is 50.4 Å². The van der Waals surface area contributed by atoms with E-state index >= 15 is 0 Å². The maximum absolute atomic E-state index is 12.2. The van der Waals surface area contributed by atoms with Crippen LogP contribution < -0.4 is 5.63 Å². The first-order valence-corrected chi connectivity index (χ1v) is 9.52. The molecule has 0 bridgehead atoms. The fraction of sp³-hybridized carbons (Fsp3) is 0.348. The molecule has 0 amide bonds. The first kappa shape index (κ1) is 21.5. The van der Waals surface area contributed by atoms with E-state index in [0.29, 0.717) is 11.1 Å². The van der Waals surface area contributed by atoms with E-state index in [-0.39, 0.29) is 5.75 Å². The lowest BCUT2D eigenvalue weighted by atomic mass is 9.95. The Morgan fingerprint density at radius 1 is 0.923 bits per heavy atom. The van der Waals surface area contributed by atoms with Crippen LogP contribution in [0.2, 0.25) is 0 Å². The van der Waals surface area contributed by atoms with Crippen molar-refractivity contribution in [1.82, 2.24) is 0 Å². The number of phenolic OH excluding ortho intramolecular Hbond substituents is 1. The van der Waals surface area contributed by atoms with Crippen LogP contribution in [0.3, 0.4) is 0 Å². The third kappa shape index (κ3) is 4.54. The van der Waals surface area contributed by atoms with E-state index in [1.165, 1.54) is 17.2 Å². The van der Waals surface area contributed by atoms with Gasteiger partial charge in [0.25, 0.3) is 0 Å². The lowest BCUT2D eigenvalue weighted by molar-refractivity contribution is 0.475. The highest BCUT2D eigenvalue weighted by molar-refractivity contribution is 5.85. The molecular formula is C23H30O3. The summed E-state index contributed by atoms with van der Waals surface area (Å²) in [5.74, 6) is 0.644. The van der Waals surface area contributed by atoms with Gasteiger partial charge in [0.05, 0.1) is 5.39 Å². The molecule has 1 heterocycles. The molecule has 0 radical (unpaired) electrons. The van der Waals surface area contributed by atoms with Gasteiger partial charge in [0.2, 0.25) is 0 Å². The van der Waals surface area contributed by atoms with Crippen molar-refractivity contribution in [2.24, 2.45) is 0 Å². The Balaban J connectivity index is 0.000000791. The van der Waals surface area contributed by atoms with Crippen molar-refractivity contribution in [2.75, 3.05) is 0 Å². The highest BCUT2D eigenvalue weighted by Crippen LogP contribution is 2.29. The second kappa shape index (κ2) is 10.4. The molecule has 1 N–H and O–H groups in total. The maximum atomic E-state index is 12.2. The second-order valence-electron chi connectivity index (χ2n) is 5.32. The van der Waals surface area contributed by atoms with E-state index in [1.54, 1.807) is 12.1 Å². The number of fused-ring (bicyclic) bond motifs is 1. The van der Waals surface area contributed by atoms with E-state index < -0.39 is 5.63 Å². The summed E-state index contributed by atoms with van der Waals surface area (Å²) < 4.78 is 5.51. The van der Waals surface area contributed by atoms with Gasteiger partial charge in [-0.2, -0.15) is 0 Å². The summed E-state index contributed by atoms with van der Waals surface area (Å²) in [6.07, 6.45) is 1.83. The molecule has 0 saturated carbocycles. The molecule has 3 nitrogen and oxygen atoms in total. The molecule has 1 aromatic heterocycles. The number of rotatable bonds is 3. The highest BCUT2D eigenvalue weighted by atomic mass is 16.4. The summed E-state index contributed by atoms with van der Waals surface area (Å²) in [5, 5.41) is 10.7. The van der Waals surface area contributed by atoms with Gasteiger partial charge in [0, 0.05) is 5.56 Å². The number of benzene rings is 2. The normalized spacial score (nSPS) is 9.77. The van der Waals surface area contributed by atoms with Crippen molar-refractivity contribution in [3.8, 4) is 17.1 Å². The van der Waals surface area contributed by atoms with Crippen LogP contribution in [0.4, 0.5) is 0 Å². The Bertz CT molecular complexity index is 892. The van der Waals surface area contributed by atoms with Crippen LogP contribution in [0.5, 0.6) is 5.75 Å². The van der Waals surface area contributed by atoms with Gasteiger partial charge in [-0.15, -0.1) is 0 Å². The SMILES string of the molecule is CC.CC.CCc1cccc(-c2cc3ccc(O)cc3c(=O)o2)c1CC. The zero-order valence-corrected chi connectivity index (χ0v) is 16.7. The largest absolute Gasteiger partial charge is 0.508 e. The van der Waals surface area contributed by atoms with Crippen LogP contribution in [-0.4, -0.2) is 5.11 Å². The quantitative estimate of drug-likeness (QED) is 0.597. The third-order valence-corrected chi connectivity index (χ3v) is 4.02. The third-order valence-electron chi connectivity index (χ3n) is 4.02. The number of aromatic hydroxyl groups is 1. The van der Waals surface area contributed by atoms with Crippen molar-refractivity contribution in [2.45, 2.75) is 54.4 Å². The standard InChI is InChI=1S/C19H18O3.2C2H6/c1-3-12-6-5-7-16(15(12)4-2)18-10-13-8-9-14(20)11-17(13)19(21)22-18;2*1-2/h5-11,20H,3-4H2,1-2H3;2*1-2H3. The minimum atomic E-state index is -0.424. The van der Waals surface area contributed by atoms with Crippen molar-refractivity contribution in [3.05, 3.63) is 64.0 Å². The summed E-state index contributed by atoms with van der Waals surface area (Å²) in [4.78, 5) is 12.2. The number of phenols is 1. The lowest BCUT2D eigenvalue weighted by Gasteiger charge is -2.12. The molecule has 140 valence electrons. The average molecular weight is 354 g/mol. The zero-order chi connectivity index (χ0) is 19.7. The number of hydrogen-bond acceptors (Lipinski definition) is 3. The predicted octanol–water partition coefficient (Wildman–Crippen LogP) is 6.34. The average Bonchev–Trinajstić information content (AvgIpc) is 2.70. The molecule has 0 aliphatic rings. The van der Waals surface area contributed by atoms with Crippen LogP contribution in [0.1, 0.15) is 52.7 Å². The summed E-state index contributed by atoms with van der Waals surface area (Å²) in [6.45, 7) is 12.2. The summed E-state index contributed by atoms with van der Waals surface area (Å²) in [5.41, 5.74) is 3.03. The van der Waals surface area contributed by atoms with Gasteiger partial charge in [0.15, 0.2) is 0 Å². The van der Waals surface area contributed by atoms with Gasteiger partial charge < -0.3 is 9.52 Å². The minimum Gasteiger partial charge on any atom is -0.508 e. The minimum absolute atomic E-state index is 0.0646. The Kier molecular flexibility index (Phi) is 8.63. The van der Waals surface area contributed by atoms with Gasteiger partial charge in [0.1, 0.15) is 11.5 Å². The van der Waals surface area contributed by atoms with E-state index in [0.717, 1.165) is 23.8 Å². The lowest BCUT2D eigenvalue weighted by Crippen LogP contribution is -2.02. The first-order chi connectivity index (χ1) is 12.6. The van der Waals surface area contributed by atoms with Crippen molar-refractivity contribution >= 4 is 10.8 Å². The van der Waals surface area contributed by atoms with E-state index in [4.69, 9.17) is 4.42 Å². The van der Waals surface area contributed by atoms with Gasteiger partial charge in [-0.25, -0.2) is 4.79 Å². The predicted molar refractivity (Wildman–Crippen MR) is 111 cm³/mol. The molecule has 0 unspecified atom stereocenters. The molecule has 3 aromatic rings. The van der Waals surface area contributed by atoms with Crippen LogP contribution in [0.15, 0.2) is 51.7 Å². The Morgan fingerprint density at radius 3 is 2.23 bits per heavy atom. The molecule has 0 saturated heterocycles. The van der Waals surface area contributed by atoms with Crippen molar-refractivity contribution in [3.63, 3.8) is 0 Å². The monoisotopic (exact) mass is 354 g/mol. The molecule has 0 aliphatic carbocycles. The molecule has 0 aliphatic heterocycles. The molecule has 0 fully saturated rings. The fourth-order valence-corrected chi connectivity index (χ4v) is 2.92. The van der Waals surface area contributed by atoms with Gasteiger partial charge in [-0.1, -0.05) is 65.8 Å². The Hall–Kier alpha value is -2.55. The first-order valence-electron chi connectivity index (χ1n) is 9.52. The van der Waals surface area contributed by atoms with Crippen LogP contribution >= 0.6 is 0 Å². The van der Waals surface area contributed by atoms with Crippen LogP contribution in [0, 0.1) is 0 Å². The zero-order valence-electron chi connectivity index (χ0n) is 16.7. The van der Waals surface area contributed by atoms with Gasteiger partial charge in [-0.3, -0.25) is 0 Å². The molecule has 3 rings (SSSR count). The summed E-state index contributed by atoms with van der Waals surface area (Å²) in [6, 6.07) is 12.7. The summed E-state index contributed by atoms with van der Waals surface area (Å²) >= 11 is 0. The second-order valence-corrected chi connectivity index (χ2v) is 5.32. The summed E-state index contributed by atoms with van der Waals surface area (Å²) in [7, 11) is 0. The van der Waals surface area contributed by atoms with Crippen molar-refractivity contribution < 1.29 is 9.52 Å². The van der Waals surface area contributed by atoms with Crippen LogP contribution in [0.25, 0.3) is 22.1 Å². The fourth-order valence-electron chi connectivity index (χ4n) is 2.92. The molecule has 26 heavy (non-hydrogen) atoms. The molecule has 2 aromatic carbocycles. The van der Waals surface area contributed by atoms with E-state index in [2.05, 4.69) is 19.9 Å². The Morgan fingerprint density at radius 2 is 1.62 bits per heavy atom. The molecule has 0 spiro atoms. The number of aryl methyl sites for hydroxylation is 1. The maximum Gasteiger partial charge on any atom is 0.344 e. The molecule has 0 atom stereocenters. The van der Waals surface area contributed by atoms with Crippen molar-refractivity contribution in [1.29, 1.82) is 0 Å². The van der Waals surface area contributed by atoms with Gasteiger partial charge >= 0.3 is 5.63 Å². The highest BCUT2D eigenvalue weighted by Gasteiger charge is 2.12. The van der Waals surface area contributed by atoms with E-state index in [1.807, 2.05) is 45.9 Å². The Labute approximate surface area is 156 Å². The number of hydrogen-bond donors (Lipinski definition) is 1. The van der Waals surface area contributed by atoms with Gasteiger partial charge in [-0.05, 0) is 47.6 Å². The molecule has 3 heteroatoms.